The number of carbonyl (C=O) groups is 3. The van der Waals surface area contributed by atoms with Crippen molar-refractivity contribution in [3.8, 4) is 0 Å². The van der Waals surface area contributed by atoms with Crippen molar-refractivity contribution in [2.75, 3.05) is 0 Å². The van der Waals surface area contributed by atoms with Gasteiger partial charge in [0.1, 0.15) is 0 Å². The zero-order valence-electron chi connectivity index (χ0n) is 7.34. The molecule has 9 heteroatoms. The van der Waals surface area contributed by atoms with Gasteiger partial charge in [-0.1, -0.05) is 0 Å². The van der Waals surface area contributed by atoms with E-state index in [1.807, 2.05) is 0 Å². The van der Waals surface area contributed by atoms with Crippen LogP contribution in [0, 0.1) is 0 Å². The normalized spacial score (nSPS) is 9.40. The Morgan fingerprint density at radius 1 is 0.933 bits per heavy atom. The molecule has 0 aromatic heterocycles. The maximum atomic E-state index is 10.3. The molecule has 0 aromatic rings. The van der Waals surface area contributed by atoms with E-state index in [4.69, 9.17) is 20.4 Å². The molecule has 0 atom stereocenters. The number of hydrogen-bond donors (Lipinski definition) is 4. The van der Waals surface area contributed by atoms with E-state index in [1.54, 1.807) is 0 Å². The average Bonchev–Trinajstić information content (AvgIpc) is 1.82. The summed E-state index contributed by atoms with van der Waals surface area (Å²) in [6.45, 7) is 0. The van der Waals surface area contributed by atoms with Crippen LogP contribution in [0.4, 0.5) is 0 Å². The van der Waals surface area contributed by atoms with Crippen LogP contribution in [0.25, 0.3) is 0 Å². The maximum absolute atomic E-state index is 10.3. The second kappa shape index (κ2) is 8.01. The zero-order valence-corrected chi connectivity index (χ0v) is 12.5. The fourth-order valence-corrected chi connectivity index (χ4v) is 0.714. The molecule has 0 amide bonds. The first-order chi connectivity index (χ1) is 5.78. The standard InChI is InChI=1S/C6H8O7.Cr.Po.2H/c7-3(8)1-6(13,5(11)12)2-4(9)10;;;;/h13H,1-2H2,(H,7,8)(H,9,10)(H,11,12);;;;. The van der Waals surface area contributed by atoms with E-state index in [2.05, 4.69) is 0 Å². The number of carboxylic acids is 3. The van der Waals surface area contributed by atoms with Gasteiger partial charge in [0.2, 0.25) is 0 Å². The summed E-state index contributed by atoms with van der Waals surface area (Å²) in [6, 6.07) is 0. The van der Waals surface area contributed by atoms with E-state index in [-0.39, 0.29) is 43.9 Å². The Kier molecular flexibility index (Phi) is 10.8. The summed E-state index contributed by atoms with van der Waals surface area (Å²) < 4.78 is 0. The molecule has 0 heterocycles. The predicted octanol–water partition coefficient (Wildman–Crippen LogP) is -2.17. The number of rotatable bonds is 5. The molecular weight excluding hydrogens is 445 g/mol. The third-order valence-corrected chi connectivity index (χ3v) is 1.29. The Balaban J connectivity index is -0.000000720. The van der Waals surface area contributed by atoms with E-state index in [1.165, 1.54) is 0 Å². The molecule has 0 aliphatic carbocycles. The van der Waals surface area contributed by atoms with Crippen molar-refractivity contribution in [3.63, 3.8) is 0 Å². The molecule has 0 saturated heterocycles. The van der Waals surface area contributed by atoms with Gasteiger partial charge in [-0.05, 0) is 0 Å². The summed E-state index contributed by atoms with van der Waals surface area (Å²) in [5.74, 6) is -5.02. The molecule has 0 radical (unpaired) electrons. The Morgan fingerprint density at radius 2 is 1.20 bits per heavy atom. The Bertz CT molecular complexity index is 238. The Morgan fingerprint density at radius 3 is 1.33 bits per heavy atom. The van der Waals surface area contributed by atoms with E-state index < -0.39 is 36.4 Å². The molecule has 0 spiro atoms. The topological polar surface area (TPSA) is 132 Å². The summed E-state index contributed by atoms with van der Waals surface area (Å²) in [6.07, 6.45) is -2.29. The van der Waals surface area contributed by atoms with Gasteiger partial charge >= 0.3 is 44.5 Å². The first-order valence-corrected chi connectivity index (χ1v) is 3.17. The summed E-state index contributed by atoms with van der Waals surface area (Å²) in [4.78, 5) is 30.5. The van der Waals surface area contributed by atoms with Crippen molar-refractivity contribution in [2.24, 2.45) is 0 Å². The van der Waals surface area contributed by atoms with Gasteiger partial charge in [0, 0.05) is 17.4 Å². The summed E-state index contributed by atoms with van der Waals surface area (Å²) in [5.41, 5.74) is -2.74. The molecule has 0 aliphatic heterocycles. The van der Waals surface area contributed by atoms with Gasteiger partial charge < -0.3 is 20.4 Å². The number of carboxylic acid groups (broad SMARTS) is 3. The first kappa shape index (κ1) is 20.2. The third kappa shape index (κ3) is 7.70. The van der Waals surface area contributed by atoms with Gasteiger partial charge in [-0.2, -0.15) is 0 Å². The molecule has 0 aromatic carbocycles. The van der Waals surface area contributed by atoms with E-state index in [0.29, 0.717) is 0 Å². The minimum absolute atomic E-state index is 0. The van der Waals surface area contributed by atoms with Crippen LogP contribution in [0.1, 0.15) is 12.8 Å². The quantitative estimate of drug-likeness (QED) is 0.371. The number of aliphatic hydroxyl groups is 1. The van der Waals surface area contributed by atoms with Crippen LogP contribution < -0.4 is 0 Å². The third-order valence-electron chi connectivity index (χ3n) is 1.29. The minimum atomic E-state index is -2.74. The van der Waals surface area contributed by atoms with Gasteiger partial charge in [0.15, 0.2) is 5.60 Å². The monoisotopic (exact) mass is 455 g/mol. The van der Waals surface area contributed by atoms with Crippen molar-refractivity contribution in [1.82, 2.24) is 0 Å². The fourth-order valence-electron chi connectivity index (χ4n) is 0.714. The second-order valence-electron chi connectivity index (χ2n) is 2.48. The molecule has 0 rings (SSSR count). The SMILES string of the molecule is O=C(O)CC(O)(CC(=O)O)C(=O)O.[Cr].[PoH2]. The van der Waals surface area contributed by atoms with Crippen LogP contribution in [0.5, 0.6) is 0 Å². The molecule has 0 aliphatic rings. The van der Waals surface area contributed by atoms with Gasteiger partial charge in [-0.3, -0.25) is 9.59 Å². The predicted molar refractivity (Wildman–Crippen MR) is 45.6 cm³/mol. The van der Waals surface area contributed by atoms with Gasteiger partial charge in [-0.15, -0.1) is 0 Å². The molecular formula is C6H10CrO7Po. The Hall–Kier alpha value is -0.201. The van der Waals surface area contributed by atoms with Crippen LogP contribution in [-0.2, 0) is 31.7 Å². The fraction of sp³-hybridized carbons (Fsp3) is 0.500. The Labute approximate surface area is 115 Å². The van der Waals surface area contributed by atoms with E-state index >= 15 is 0 Å². The van der Waals surface area contributed by atoms with Crippen LogP contribution >= 0.6 is 0 Å². The molecule has 0 bridgehead atoms. The molecule has 4 N–H and O–H groups in total. The van der Waals surface area contributed by atoms with Crippen molar-refractivity contribution in [2.45, 2.75) is 18.4 Å². The molecule has 88 valence electrons. The van der Waals surface area contributed by atoms with Crippen molar-refractivity contribution >= 4 is 44.5 Å². The van der Waals surface area contributed by atoms with Crippen LogP contribution in [0.2, 0.25) is 0 Å². The molecule has 15 heavy (non-hydrogen) atoms. The molecule has 0 fully saturated rings. The number of aliphatic carboxylic acids is 3. The van der Waals surface area contributed by atoms with Crippen LogP contribution in [-0.4, -0.2) is 70.5 Å². The van der Waals surface area contributed by atoms with E-state index in [0.717, 1.165) is 0 Å². The molecule has 0 unspecified atom stereocenters. The first-order valence-electron chi connectivity index (χ1n) is 3.17. The van der Waals surface area contributed by atoms with Crippen molar-refractivity contribution in [3.05, 3.63) is 0 Å². The van der Waals surface area contributed by atoms with Gasteiger partial charge in [0.25, 0.3) is 0 Å². The van der Waals surface area contributed by atoms with Gasteiger partial charge in [0.05, 0.1) is 12.8 Å². The summed E-state index contributed by atoms with van der Waals surface area (Å²) in [7, 11) is 0. The second-order valence-corrected chi connectivity index (χ2v) is 2.48. The summed E-state index contributed by atoms with van der Waals surface area (Å²) in [5, 5.41) is 33.8. The van der Waals surface area contributed by atoms with Crippen molar-refractivity contribution in [1.29, 1.82) is 0 Å². The molecule has 7 nitrogen and oxygen atoms in total. The average molecular weight is 455 g/mol. The zero-order chi connectivity index (χ0) is 10.6. The van der Waals surface area contributed by atoms with Crippen LogP contribution in [0.15, 0.2) is 0 Å². The van der Waals surface area contributed by atoms with E-state index in [9.17, 15) is 14.4 Å². The van der Waals surface area contributed by atoms with Crippen LogP contribution in [0.3, 0.4) is 0 Å². The van der Waals surface area contributed by atoms with Crippen molar-refractivity contribution < 1.29 is 52.2 Å². The molecule has 0 saturated carbocycles. The van der Waals surface area contributed by atoms with Gasteiger partial charge in [-0.25, -0.2) is 4.79 Å². The number of hydrogen-bond acceptors (Lipinski definition) is 4. The summed E-state index contributed by atoms with van der Waals surface area (Å²) >= 11 is 0.